The van der Waals surface area contributed by atoms with Crippen LogP contribution in [0.3, 0.4) is 0 Å². The van der Waals surface area contributed by atoms with Crippen molar-refractivity contribution in [1.29, 1.82) is 0 Å². The molecule has 3 fully saturated rings. The number of carbonyl (C=O) groups excluding carboxylic acids is 1. The maximum atomic E-state index is 13.1. The van der Waals surface area contributed by atoms with E-state index >= 15 is 0 Å². The Morgan fingerprint density at radius 2 is 2.04 bits per heavy atom. The van der Waals surface area contributed by atoms with Crippen LogP contribution >= 0.6 is 0 Å². The Morgan fingerprint density at radius 1 is 1.32 bits per heavy atom. The van der Waals surface area contributed by atoms with Crippen LogP contribution in [0.4, 0.5) is 0 Å². The fraction of sp³-hybridized carbons (Fsp3) is 0.760. The van der Waals surface area contributed by atoms with Crippen molar-refractivity contribution in [3.8, 4) is 0 Å². The molecule has 4 rings (SSSR count). The predicted molar refractivity (Wildman–Crippen MR) is 114 cm³/mol. The molecule has 0 unspecified atom stereocenters. The van der Waals surface area contributed by atoms with Crippen molar-refractivity contribution in [3.63, 3.8) is 0 Å². The van der Waals surface area contributed by atoms with Gasteiger partial charge in [-0.2, -0.15) is 0 Å². The van der Waals surface area contributed by atoms with Crippen molar-refractivity contribution >= 4 is 11.5 Å². The molecule has 3 saturated carbocycles. The van der Waals surface area contributed by atoms with E-state index in [1.165, 1.54) is 5.57 Å². The van der Waals surface area contributed by atoms with Gasteiger partial charge in [-0.15, -0.1) is 0 Å². The molecule has 1 N–H and O–H groups in total. The molecule has 154 valence electrons. The van der Waals surface area contributed by atoms with E-state index in [9.17, 15) is 9.90 Å². The van der Waals surface area contributed by atoms with Crippen molar-refractivity contribution < 1.29 is 9.90 Å². The molecule has 0 aromatic heterocycles. The minimum Gasteiger partial charge on any atom is -0.393 e. The van der Waals surface area contributed by atoms with Gasteiger partial charge in [0.05, 0.1) is 11.8 Å². The minimum absolute atomic E-state index is 0.0884. The van der Waals surface area contributed by atoms with Gasteiger partial charge >= 0.3 is 0 Å². The lowest BCUT2D eigenvalue weighted by atomic mass is 9.44. The molecule has 3 heteroatoms. The summed E-state index contributed by atoms with van der Waals surface area (Å²) in [5, 5.41) is 11.5. The number of carbonyl (C=O) groups is 1. The molecule has 0 saturated heterocycles. The molecule has 0 amide bonds. The molecule has 0 bridgehead atoms. The number of allylic oxidation sites excluding steroid dienone is 4. The third-order valence-corrected chi connectivity index (χ3v) is 9.84. The lowest BCUT2D eigenvalue weighted by Gasteiger charge is -2.60. The van der Waals surface area contributed by atoms with Crippen LogP contribution < -0.4 is 0 Å². The van der Waals surface area contributed by atoms with Gasteiger partial charge in [-0.05, 0) is 61.0 Å². The summed E-state index contributed by atoms with van der Waals surface area (Å²) < 4.78 is 0. The van der Waals surface area contributed by atoms with Crippen molar-refractivity contribution in [2.45, 2.75) is 72.8 Å². The van der Waals surface area contributed by atoms with Crippen molar-refractivity contribution in [3.05, 3.63) is 23.8 Å². The highest BCUT2D eigenvalue weighted by Gasteiger charge is 2.68. The summed E-state index contributed by atoms with van der Waals surface area (Å²) >= 11 is 0. The predicted octanol–water partition coefficient (Wildman–Crippen LogP) is 5.00. The van der Waals surface area contributed by atoms with E-state index in [4.69, 9.17) is 0 Å². The first-order chi connectivity index (χ1) is 13.1. The first kappa shape index (κ1) is 20.1. The van der Waals surface area contributed by atoms with Crippen molar-refractivity contribution in [2.24, 2.45) is 44.9 Å². The van der Waals surface area contributed by atoms with E-state index in [0.717, 1.165) is 31.4 Å². The number of nitrogens with zero attached hydrogens (tertiary/aromatic N) is 1. The van der Waals surface area contributed by atoms with E-state index in [2.05, 4.69) is 50.9 Å². The van der Waals surface area contributed by atoms with Gasteiger partial charge in [0.1, 0.15) is 5.78 Å². The fourth-order valence-corrected chi connectivity index (χ4v) is 7.99. The summed E-state index contributed by atoms with van der Waals surface area (Å²) in [6, 6.07) is 0. The average Bonchev–Trinajstić information content (AvgIpc) is 2.87. The van der Waals surface area contributed by atoms with Crippen LogP contribution in [0.15, 0.2) is 28.8 Å². The quantitative estimate of drug-likeness (QED) is 0.729. The molecule has 0 heterocycles. The summed E-state index contributed by atoms with van der Waals surface area (Å²) in [7, 11) is 1.84. The number of hydrogen-bond acceptors (Lipinski definition) is 3. The maximum Gasteiger partial charge on any atom is 0.139 e. The third kappa shape index (κ3) is 2.32. The number of fused-ring (bicyclic) bond motifs is 5. The highest BCUT2D eigenvalue weighted by Crippen LogP contribution is 2.71. The normalized spacial score (nSPS) is 51.3. The zero-order valence-electron chi connectivity index (χ0n) is 18.5. The number of ketones is 1. The van der Waals surface area contributed by atoms with Gasteiger partial charge in [0, 0.05) is 30.2 Å². The maximum absolute atomic E-state index is 13.1. The molecule has 8 atom stereocenters. The van der Waals surface area contributed by atoms with Crippen LogP contribution in [-0.4, -0.2) is 29.8 Å². The highest BCUT2D eigenvalue weighted by molar-refractivity contribution is 6.05. The van der Waals surface area contributed by atoms with Crippen LogP contribution in [0.5, 0.6) is 0 Å². The third-order valence-electron chi connectivity index (χ3n) is 9.84. The smallest absolute Gasteiger partial charge is 0.139 e. The largest absolute Gasteiger partial charge is 0.393 e. The van der Waals surface area contributed by atoms with E-state index in [0.29, 0.717) is 30.0 Å². The Labute approximate surface area is 170 Å². The summed E-state index contributed by atoms with van der Waals surface area (Å²) in [6.07, 6.45) is 11.0. The van der Waals surface area contributed by atoms with E-state index in [1.807, 2.05) is 14.0 Å². The lowest BCUT2D eigenvalue weighted by Crippen LogP contribution is -2.58. The van der Waals surface area contributed by atoms with Gasteiger partial charge in [0.25, 0.3) is 0 Å². The average molecular weight is 384 g/mol. The van der Waals surface area contributed by atoms with E-state index < -0.39 is 0 Å². The van der Waals surface area contributed by atoms with Gasteiger partial charge < -0.3 is 5.11 Å². The second-order valence-electron chi connectivity index (χ2n) is 10.6. The van der Waals surface area contributed by atoms with Gasteiger partial charge in [0.2, 0.25) is 0 Å². The number of rotatable bonds is 2. The first-order valence-electron chi connectivity index (χ1n) is 11.2. The molecular formula is C25H37NO2. The molecule has 0 aliphatic heterocycles. The summed E-state index contributed by atoms with van der Waals surface area (Å²) in [5.74, 6) is 2.01. The molecule has 0 spiro atoms. The Balaban J connectivity index is 1.76. The van der Waals surface area contributed by atoms with Crippen LogP contribution in [-0.2, 0) is 4.79 Å². The van der Waals surface area contributed by atoms with Gasteiger partial charge in [0.15, 0.2) is 0 Å². The molecule has 4 aliphatic rings. The van der Waals surface area contributed by atoms with Crippen LogP contribution in [0.2, 0.25) is 0 Å². The van der Waals surface area contributed by atoms with Gasteiger partial charge in [-0.25, -0.2) is 0 Å². The van der Waals surface area contributed by atoms with E-state index in [-0.39, 0.29) is 28.3 Å². The van der Waals surface area contributed by atoms with Gasteiger partial charge in [-0.1, -0.05) is 46.3 Å². The summed E-state index contributed by atoms with van der Waals surface area (Å²) in [4.78, 5) is 17.5. The van der Waals surface area contributed by atoms with Crippen LogP contribution in [0.1, 0.15) is 66.7 Å². The van der Waals surface area contributed by atoms with E-state index in [1.54, 1.807) is 0 Å². The topological polar surface area (TPSA) is 49.7 Å². The standard InChI is InChI=1S/C25H37NO2/c1-7-21(28)25(5)15(2)12-19-18-9-8-16-13-17(26-6)10-11-23(16,3)22(18)20(27)14-24(19,25)4/h10-11,13,15,18-20,22,27H,7-9,12,14H2,1-6H3/t15-,18+,19+,20+,22-,23+,24+,25-/m1/s1. The second kappa shape index (κ2) is 6.39. The number of aliphatic imine (C=N–C) groups is 1. The SMILES string of the molecule is CCC(=O)[C@@]1(C)[C@H](C)C[C@H]2[C@@H]3CCC4=CC(=NC)C=C[C@]4(C)[C@H]3[C@@H](O)C[C@@]21C. The molecule has 28 heavy (non-hydrogen) atoms. The van der Waals surface area contributed by atoms with Gasteiger partial charge in [-0.3, -0.25) is 9.79 Å². The summed E-state index contributed by atoms with van der Waals surface area (Å²) in [5.41, 5.74) is 1.95. The highest BCUT2D eigenvalue weighted by atomic mass is 16.3. The van der Waals surface area contributed by atoms with Crippen molar-refractivity contribution in [1.82, 2.24) is 0 Å². The molecular weight excluding hydrogens is 346 g/mol. The molecule has 0 aromatic rings. The fourth-order valence-electron chi connectivity index (χ4n) is 7.99. The first-order valence-corrected chi connectivity index (χ1v) is 11.2. The zero-order chi connectivity index (χ0) is 20.5. The number of hydrogen-bond donors (Lipinski definition) is 1. The Hall–Kier alpha value is -1.22. The van der Waals surface area contributed by atoms with Crippen LogP contribution in [0, 0.1) is 39.9 Å². The van der Waals surface area contributed by atoms with Crippen LogP contribution in [0.25, 0.3) is 0 Å². The monoisotopic (exact) mass is 383 g/mol. The molecule has 0 radical (unpaired) electrons. The number of aliphatic hydroxyl groups is 1. The molecule has 0 aromatic carbocycles. The Kier molecular flexibility index (Phi) is 4.58. The molecule has 4 aliphatic carbocycles. The van der Waals surface area contributed by atoms with Crippen molar-refractivity contribution in [2.75, 3.05) is 7.05 Å². The molecule has 3 nitrogen and oxygen atoms in total. The number of aliphatic hydroxyl groups excluding tert-OH is 1. The lowest BCUT2D eigenvalue weighted by molar-refractivity contribution is -0.155. The Bertz CT molecular complexity index is 779. The second-order valence-corrected chi connectivity index (χ2v) is 10.6. The number of Topliss-reactive ketones (excluding diaryl/α,β-unsaturated/α-hetero) is 1. The zero-order valence-corrected chi connectivity index (χ0v) is 18.5. The summed E-state index contributed by atoms with van der Waals surface area (Å²) in [6.45, 7) is 11.1. The Morgan fingerprint density at radius 3 is 2.68 bits per heavy atom. The minimum atomic E-state index is -0.362.